The van der Waals surface area contributed by atoms with Crippen molar-refractivity contribution < 1.29 is 9.53 Å². The largest absolute Gasteiger partial charge is 0.495 e. The Bertz CT molecular complexity index is 380. The first-order chi connectivity index (χ1) is 8.63. The van der Waals surface area contributed by atoms with Gasteiger partial charge in [0.05, 0.1) is 19.3 Å². The van der Waals surface area contributed by atoms with Gasteiger partial charge in [0.1, 0.15) is 5.75 Å². The molecule has 4 N–H and O–H groups in total. The molecular weight excluding hydrogens is 230 g/mol. The lowest BCUT2D eigenvalue weighted by Gasteiger charge is -2.11. The third-order valence-corrected chi connectivity index (χ3v) is 2.47. The van der Waals surface area contributed by atoms with Gasteiger partial charge >= 0.3 is 0 Å². The predicted octanol–water partition coefficient (Wildman–Crippen LogP) is 0.961. The highest BCUT2D eigenvalue weighted by molar-refractivity contribution is 5.81. The van der Waals surface area contributed by atoms with E-state index in [1.807, 2.05) is 31.2 Å². The third kappa shape index (κ3) is 5.05. The lowest BCUT2D eigenvalue weighted by Crippen LogP contribution is -2.33. The molecule has 0 bridgehead atoms. The van der Waals surface area contributed by atoms with Crippen LogP contribution in [0.3, 0.4) is 0 Å². The number of amides is 1. The molecule has 18 heavy (non-hydrogen) atoms. The fourth-order valence-electron chi connectivity index (χ4n) is 1.47. The molecule has 0 radical (unpaired) electrons. The van der Waals surface area contributed by atoms with Crippen LogP contribution in [0.5, 0.6) is 5.75 Å². The molecule has 5 heteroatoms. The molecular formula is C13H21N3O2. The van der Waals surface area contributed by atoms with E-state index in [0.29, 0.717) is 6.54 Å². The van der Waals surface area contributed by atoms with E-state index in [-0.39, 0.29) is 18.5 Å². The Labute approximate surface area is 108 Å². The molecule has 5 nitrogen and oxygen atoms in total. The summed E-state index contributed by atoms with van der Waals surface area (Å²) < 4.78 is 5.18. The number of ether oxygens (including phenoxy) is 1. The van der Waals surface area contributed by atoms with E-state index in [1.165, 1.54) is 0 Å². The number of para-hydroxylation sites is 2. The van der Waals surface area contributed by atoms with Crippen molar-refractivity contribution in [2.75, 3.05) is 25.5 Å². The van der Waals surface area contributed by atoms with Gasteiger partial charge in [0.25, 0.3) is 0 Å². The van der Waals surface area contributed by atoms with Crippen LogP contribution in [0.4, 0.5) is 5.69 Å². The van der Waals surface area contributed by atoms with Crippen LogP contribution in [-0.2, 0) is 4.79 Å². The molecule has 0 heterocycles. The number of carbonyl (C=O) groups excluding carboxylic acids is 1. The van der Waals surface area contributed by atoms with E-state index in [1.54, 1.807) is 7.11 Å². The maximum Gasteiger partial charge on any atom is 0.239 e. The van der Waals surface area contributed by atoms with E-state index in [9.17, 15) is 4.79 Å². The summed E-state index contributed by atoms with van der Waals surface area (Å²) in [5.41, 5.74) is 6.41. The van der Waals surface area contributed by atoms with Crippen LogP contribution < -0.4 is 21.1 Å². The van der Waals surface area contributed by atoms with Crippen LogP contribution in [0, 0.1) is 0 Å². The van der Waals surface area contributed by atoms with Gasteiger partial charge in [0.15, 0.2) is 0 Å². The first-order valence-corrected chi connectivity index (χ1v) is 6.02. The van der Waals surface area contributed by atoms with Crippen LogP contribution in [0.1, 0.15) is 13.3 Å². The molecule has 0 spiro atoms. The molecule has 0 saturated heterocycles. The van der Waals surface area contributed by atoms with Crippen LogP contribution in [0.2, 0.25) is 0 Å². The highest BCUT2D eigenvalue weighted by atomic mass is 16.5. The van der Waals surface area contributed by atoms with Crippen molar-refractivity contribution in [2.45, 2.75) is 19.4 Å². The number of methoxy groups -OCH3 is 1. The minimum atomic E-state index is -0.0541. The second-order valence-corrected chi connectivity index (χ2v) is 4.17. The van der Waals surface area contributed by atoms with Gasteiger partial charge in [0.2, 0.25) is 5.91 Å². The summed E-state index contributed by atoms with van der Waals surface area (Å²) in [6, 6.07) is 7.59. The first kappa shape index (κ1) is 14.3. The SMILES string of the molecule is COc1ccccc1NCC(=O)NCCC(C)N. The Morgan fingerprint density at radius 3 is 2.83 bits per heavy atom. The van der Waals surface area contributed by atoms with E-state index in [0.717, 1.165) is 17.9 Å². The van der Waals surface area contributed by atoms with Crippen molar-refractivity contribution in [1.82, 2.24) is 5.32 Å². The summed E-state index contributed by atoms with van der Waals surface area (Å²) in [4.78, 5) is 11.5. The maximum atomic E-state index is 11.5. The zero-order valence-corrected chi connectivity index (χ0v) is 10.9. The molecule has 100 valence electrons. The van der Waals surface area contributed by atoms with Gasteiger partial charge in [-0.15, -0.1) is 0 Å². The van der Waals surface area contributed by atoms with Crippen molar-refractivity contribution >= 4 is 11.6 Å². The highest BCUT2D eigenvalue weighted by Crippen LogP contribution is 2.22. The van der Waals surface area contributed by atoms with Crippen molar-refractivity contribution in [3.63, 3.8) is 0 Å². The Balaban J connectivity index is 2.33. The summed E-state index contributed by atoms with van der Waals surface area (Å²) in [6.45, 7) is 2.74. The topological polar surface area (TPSA) is 76.4 Å². The average Bonchev–Trinajstić information content (AvgIpc) is 2.36. The van der Waals surface area contributed by atoms with Gasteiger partial charge in [-0.2, -0.15) is 0 Å². The third-order valence-electron chi connectivity index (χ3n) is 2.47. The van der Waals surface area contributed by atoms with Crippen LogP contribution in [0.25, 0.3) is 0 Å². The van der Waals surface area contributed by atoms with Crippen LogP contribution in [0.15, 0.2) is 24.3 Å². The molecule has 1 unspecified atom stereocenters. The molecule has 1 rings (SSSR count). The zero-order chi connectivity index (χ0) is 13.4. The summed E-state index contributed by atoms with van der Waals surface area (Å²) in [7, 11) is 1.60. The van der Waals surface area contributed by atoms with E-state index in [2.05, 4.69) is 10.6 Å². The molecule has 0 aliphatic heterocycles. The number of nitrogens with two attached hydrogens (primary N) is 1. The fraction of sp³-hybridized carbons (Fsp3) is 0.462. The Morgan fingerprint density at radius 1 is 1.44 bits per heavy atom. The smallest absolute Gasteiger partial charge is 0.239 e. The molecule has 0 aromatic heterocycles. The Kier molecular flexibility index (Phi) is 6.00. The number of hydrogen-bond acceptors (Lipinski definition) is 4. The summed E-state index contributed by atoms with van der Waals surface area (Å²) >= 11 is 0. The molecule has 1 atom stereocenters. The average molecular weight is 251 g/mol. The number of anilines is 1. The number of rotatable bonds is 7. The number of carbonyl (C=O) groups is 1. The van der Waals surface area contributed by atoms with Crippen molar-refractivity contribution in [3.05, 3.63) is 24.3 Å². The number of benzene rings is 1. The normalized spacial score (nSPS) is 11.7. The quantitative estimate of drug-likeness (QED) is 0.674. The molecule has 1 aromatic carbocycles. The monoisotopic (exact) mass is 251 g/mol. The van der Waals surface area contributed by atoms with Crippen molar-refractivity contribution in [1.29, 1.82) is 0 Å². The second-order valence-electron chi connectivity index (χ2n) is 4.17. The van der Waals surface area contributed by atoms with Crippen molar-refractivity contribution in [2.24, 2.45) is 5.73 Å². The lowest BCUT2D eigenvalue weighted by molar-refractivity contribution is -0.119. The molecule has 0 aliphatic carbocycles. The molecule has 0 saturated carbocycles. The number of nitrogens with one attached hydrogen (secondary N) is 2. The first-order valence-electron chi connectivity index (χ1n) is 6.02. The van der Waals surface area contributed by atoms with Crippen LogP contribution >= 0.6 is 0 Å². The molecule has 1 aromatic rings. The van der Waals surface area contributed by atoms with Gasteiger partial charge in [-0.1, -0.05) is 12.1 Å². The van der Waals surface area contributed by atoms with E-state index < -0.39 is 0 Å². The molecule has 1 amide bonds. The van der Waals surface area contributed by atoms with E-state index in [4.69, 9.17) is 10.5 Å². The zero-order valence-electron chi connectivity index (χ0n) is 10.9. The summed E-state index contributed by atoms with van der Waals surface area (Å²) in [6.07, 6.45) is 0.778. The highest BCUT2D eigenvalue weighted by Gasteiger charge is 2.04. The summed E-state index contributed by atoms with van der Waals surface area (Å²) in [5.74, 6) is 0.669. The minimum Gasteiger partial charge on any atom is -0.495 e. The maximum absolute atomic E-state index is 11.5. The lowest BCUT2D eigenvalue weighted by atomic mass is 10.2. The fourth-order valence-corrected chi connectivity index (χ4v) is 1.47. The Morgan fingerprint density at radius 2 is 2.17 bits per heavy atom. The van der Waals surface area contributed by atoms with Gasteiger partial charge in [-0.3, -0.25) is 4.79 Å². The van der Waals surface area contributed by atoms with Gasteiger partial charge < -0.3 is 21.1 Å². The molecule has 0 aliphatic rings. The summed E-state index contributed by atoms with van der Waals surface area (Å²) in [5, 5.41) is 5.83. The predicted molar refractivity (Wildman–Crippen MR) is 72.8 cm³/mol. The molecule has 0 fully saturated rings. The second kappa shape index (κ2) is 7.55. The Hall–Kier alpha value is -1.75. The standard InChI is InChI=1S/C13H21N3O2/c1-10(14)7-8-15-13(17)9-16-11-5-3-4-6-12(11)18-2/h3-6,10,16H,7-9,14H2,1-2H3,(H,15,17). The van der Waals surface area contributed by atoms with Gasteiger partial charge in [0, 0.05) is 12.6 Å². The minimum absolute atomic E-state index is 0.0541. The van der Waals surface area contributed by atoms with Crippen molar-refractivity contribution in [3.8, 4) is 5.75 Å². The van der Waals surface area contributed by atoms with E-state index >= 15 is 0 Å². The number of hydrogen-bond donors (Lipinski definition) is 3. The van der Waals surface area contributed by atoms with Crippen LogP contribution in [-0.4, -0.2) is 32.1 Å². The van der Waals surface area contributed by atoms with Gasteiger partial charge in [-0.05, 0) is 25.5 Å². The van der Waals surface area contributed by atoms with Gasteiger partial charge in [-0.25, -0.2) is 0 Å².